The fourth-order valence-corrected chi connectivity index (χ4v) is 2.25. The zero-order valence-electron chi connectivity index (χ0n) is 9.57. The third kappa shape index (κ3) is 4.56. The van der Waals surface area contributed by atoms with Crippen LogP contribution in [0.5, 0.6) is 0 Å². The predicted octanol–water partition coefficient (Wildman–Crippen LogP) is 3.45. The van der Waals surface area contributed by atoms with Crippen molar-refractivity contribution in [1.29, 1.82) is 0 Å². The Balaban J connectivity index is 2.71. The lowest BCUT2D eigenvalue weighted by atomic mass is 10.2. The number of carboxylic acids is 1. The second-order valence-electron chi connectivity index (χ2n) is 3.63. The van der Waals surface area contributed by atoms with E-state index in [0.717, 1.165) is 12.3 Å². The lowest BCUT2D eigenvalue weighted by Crippen LogP contribution is -2.09. The standard InChI is InChI=1S/C11H12F3NO2S/c1-2-8(5-10(16)17)18-9-4-3-7(6-15-9)11(12,13)14/h3-4,6,8H,2,5H2,1H3,(H,16,17). The number of thioether (sulfide) groups is 1. The maximum Gasteiger partial charge on any atom is 0.417 e. The average Bonchev–Trinajstić information content (AvgIpc) is 2.27. The molecule has 1 aromatic rings. The summed E-state index contributed by atoms with van der Waals surface area (Å²) in [5.74, 6) is -0.929. The summed E-state index contributed by atoms with van der Waals surface area (Å²) in [5.41, 5.74) is -0.807. The highest BCUT2D eigenvalue weighted by Crippen LogP contribution is 2.31. The van der Waals surface area contributed by atoms with Gasteiger partial charge in [-0.1, -0.05) is 6.92 Å². The minimum Gasteiger partial charge on any atom is -0.481 e. The predicted molar refractivity (Wildman–Crippen MR) is 61.4 cm³/mol. The molecule has 1 heterocycles. The maximum absolute atomic E-state index is 12.3. The van der Waals surface area contributed by atoms with Crippen LogP contribution in [-0.2, 0) is 11.0 Å². The number of alkyl halides is 3. The highest BCUT2D eigenvalue weighted by atomic mass is 32.2. The summed E-state index contributed by atoms with van der Waals surface area (Å²) in [5, 5.41) is 8.87. The van der Waals surface area contributed by atoms with E-state index in [9.17, 15) is 18.0 Å². The maximum atomic E-state index is 12.3. The molecule has 0 amide bonds. The Morgan fingerprint density at radius 1 is 1.50 bits per heavy atom. The van der Waals surface area contributed by atoms with Crippen molar-refractivity contribution < 1.29 is 23.1 Å². The molecule has 0 fully saturated rings. The number of pyridine rings is 1. The van der Waals surface area contributed by atoms with Crippen LogP contribution in [0.25, 0.3) is 0 Å². The van der Waals surface area contributed by atoms with Gasteiger partial charge >= 0.3 is 12.1 Å². The van der Waals surface area contributed by atoms with Crippen molar-refractivity contribution in [2.45, 2.75) is 36.2 Å². The minimum absolute atomic E-state index is 0.0378. The molecule has 100 valence electrons. The monoisotopic (exact) mass is 279 g/mol. The Morgan fingerprint density at radius 2 is 2.17 bits per heavy atom. The van der Waals surface area contributed by atoms with Crippen LogP contribution in [0.2, 0.25) is 0 Å². The van der Waals surface area contributed by atoms with Crippen molar-refractivity contribution in [3.63, 3.8) is 0 Å². The van der Waals surface area contributed by atoms with Crippen molar-refractivity contribution in [3.8, 4) is 0 Å². The van der Waals surface area contributed by atoms with Gasteiger partial charge in [-0.25, -0.2) is 4.98 Å². The molecule has 0 aliphatic rings. The van der Waals surface area contributed by atoms with E-state index in [0.29, 0.717) is 11.4 Å². The first-order chi connectivity index (χ1) is 8.32. The van der Waals surface area contributed by atoms with Gasteiger partial charge in [-0.15, -0.1) is 11.8 Å². The fourth-order valence-electron chi connectivity index (χ4n) is 1.25. The number of nitrogens with zero attached hydrogens (tertiary/aromatic N) is 1. The Hall–Kier alpha value is -1.24. The topological polar surface area (TPSA) is 50.2 Å². The zero-order valence-corrected chi connectivity index (χ0v) is 10.4. The third-order valence-electron chi connectivity index (χ3n) is 2.21. The fraction of sp³-hybridized carbons (Fsp3) is 0.455. The minimum atomic E-state index is -4.40. The number of carboxylic acid groups (broad SMARTS) is 1. The van der Waals surface area contributed by atoms with Crippen LogP contribution in [0.3, 0.4) is 0 Å². The summed E-state index contributed by atoms with van der Waals surface area (Å²) in [7, 11) is 0. The molecule has 7 heteroatoms. The van der Waals surface area contributed by atoms with Crippen LogP contribution >= 0.6 is 11.8 Å². The SMILES string of the molecule is CCC(CC(=O)O)Sc1ccc(C(F)(F)F)cn1. The summed E-state index contributed by atoms with van der Waals surface area (Å²) >= 11 is 1.18. The molecule has 1 rings (SSSR count). The highest BCUT2D eigenvalue weighted by molar-refractivity contribution is 7.99. The molecule has 0 bridgehead atoms. The largest absolute Gasteiger partial charge is 0.481 e. The number of hydrogen-bond acceptors (Lipinski definition) is 3. The molecule has 0 saturated carbocycles. The summed E-state index contributed by atoms with van der Waals surface area (Å²) in [6.45, 7) is 1.82. The first kappa shape index (κ1) is 14.8. The molecule has 0 spiro atoms. The molecule has 18 heavy (non-hydrogen) atoms. The van der Waals surface area contributed by atoms with Gasteiger partial charge in [-0.2, -0.15) is 13.2 Å². The lowest BCUT2D eigenvalue weighted by molar-refractivity contribution is -0.138. The van der Waals surface area contributed by atoms with Gasteiger partial charge in [-0.05, 0) is 18.6 Å². The molecule has 1 atom stereocenters. The van der Waals surface area contributed by atoms with Gasteiger partial charge in [0.1, 0.15) is 0 Å². The number of aromatic nitrogens is 1. The molecule has 0 aliphatic carbocycles. The van der Waals surface area contributed by atoms with Gasteiger partial charge in [0.15, 0.2) is 0 Å². The van der Waals surface area contributed by atoms with Crippen molar-refractivity contribution in [1.82, 2.24) is 4.98 Å². The van der Waals surface area contributed by atoms with Gasteiger partial charge in [0, 0.05) is 11.4 Å². The Morgan fingerprint density at radius 3 is 2.56 bits per heavy atom. The summed E-state index contributed by atoms with van der Waals surface area (Å²) in [6.07, 6.45) is -3.07. The molecule has 1 N–H and O–H groups in total. The second kappa shape index (κ2) is 6.08. The first-order valence-corrected chi connectivity index (χ1v) is 6.12. The quantitative estimate of drug-likeness (QED) is 0.839. The Labute approximate surface area is 106 Å². The smallest absolute Gasteiger partial charge is 0.417 e. The van der Waals surface area contributed by atoms with Gasteiger partial charge in [0.05, 0.1) is 17.0 Å². The number of aliphatic carboxylic acids is 1. The Kier molecular flexibility index (Phi) is 5.01. The molecule has 0 saturated heterocycles. The normalized spacial score (nSPS) is 13.3. The van der Waals surface area contributed by atoms with Crippen molar-refractivity contribution in [2.75, 3.05) is 0 Å². The van der Waals surface area contributed by atoms with E-state index in [4.69, 9.17) is 5.11 Å². The van der Waals surface area contributed by atoms with E-state index in [1.54, 1.807) is 0 Å². The van der Waals surface area contributed by atoms with Crippen LogP contribution < -0.4 is 0 Å². The van der Waals surface area contributed by atoms with Crippen LogP contribution in [0.1, 0.15) is 25.3 Å². The lowest BCUT2D eigenvalue weighted by Gasteiger charge is -2.12. The molecule has 3 nitrogen and oxygen atoms in total. The molecular formula is C11H12F3NO2S. The van der Waals surface area contributed by atoms with Gasteiger partial charge in [0.2, 0.25) is 0 Å². The van der Waals surface area contributed by atoms with Gasteiger partial charge in [0.25, 0.3) is 0 Å². The second-order valence-corrected chi connectivity index (χ2v) is 4.95. The molecule has 1 unspecified atom stereocenters. The first-order valence-electron chi connectivity index (χ1n) is 5.24. The van der Waals surface area contributed by atoms with E-state index in [2.05, 4.69) is 4.98 Å². The van der Waals surface area contributed by atoms with Crippen LogP contribution in [0.4, 0.5) is 13.2 Å². The third-order valence-corrected chi connectivity index (χ3v) is 3.53. The van der Waals surface area contributed by atoms with Crippen molar-refractivity contribution in [2.24, 2.45) is 0 Å². The van der Waals surface area contributed by atoms with E-state index in [1.165, 1.54) is 17.8 Å². The number of hydrogen-bond donors (Lipinski definition) is 1. The summed E-state index contributed by atoms with van der Waals surface area (Å²) in [4.78, 5) is 14.3. The molecule has 0 radical (unpaired) electrons. The van der Waals surface area contributed by atoms with E-state index in [-0.39, 0.29) is 11.7 Å². The molecule has 0 aliphatic heterocycles. The van der Waals surface area contributed by atoms with Crippen molar-refractivity contribution >= 4 is 17.7 Å². The molecule has 1 aromatic heterocycles. The van der Waals surface area contributed by atoms with Crippen molar-refractivity contribution in [3.05, 3.63) is 23.9 Å². The zero-order chi connectivity index (χ0) is 13.8. The number of halogens is 3. The van der Waals surface area contributed by atoms with Gasteiger partial charge < -0.3 is 5.11 Å². The van der Waals surface area contributed by atoms with E-state index < -0.39 is 17.7 Å². The van der Waals surface area contributed by atoms with Crippen LogP contribution in [0.15, 0.2) is 23.4 Å². The number of rotatable bonds is 5. The molecular weight excluding hydrogens is 267 g/mol. The average molecular weight is 279 g/mol. The Bertz CT molecular complexity index is 406. The molecule has 0 aromatic carbocycles. The van der Waals surface area contributed by atoms with Crippen LogP contribution in [0, 0.1) is 0 Å². The van der Waals surface area contributed by atoms with Gasteiger partial charge in [-0.3, -0.25) is 4.79 Å². The number of carbonyl (C=O) groups is 1. The summed E-state index contributed by atoms with van der Waals surface area (Å²) < 4.78 is 36.9. The summed E-state index contributed by atoms with van der Waals surface area (Å²) in [6, 6.07) is 2.21. The van der Waals surface area contributed by atoms with E-state index in [1.807, 2.05) is 6.92 Å². The van der Waals surface area contributed by atoms with Crippen LogP contribution in [-0.4, -0.2) is 21.3 Å². The van der Waals surface area contributed by atoms with E-state index >= 15 is 0 Å². The highest BCUT2D eigenvalue weighted by Gasteiger charge is 2.30.